The van der Waals surface area contributed by atoms with Gasteiger partial charge >= 0.3 is 0 Å². The van der Waals surface area contributed by atoms with Crippen LogP contribution < -0.4 is 14.8 Å². The molecule has 0 aliphatic rings. The first-order valence-electron chi connectivity index (χ1n) is 8.30. The Morgan fingerprint density at radius 1 is 1.04 bits per heavy atom. The Balaban J connectivity index is 1.89. The van der Waals surface area contributed by atoms with E-state index in [9.17, 15) is 0 Å². The minimum absolute atomic E-state index is 0.441. The lowest BCUT2D eigenvalue weighted by Gasteiger charge is -2.17. The molecule has 1 N–H and O–H groups in total. The lowest BCUT2D eigenvalue weighted by molar-refractivity contribution is 0.306. The number of benzene rings is 2. The van der Waals surface area contributed by atoms with Crippen LogP contribution in [-0.2, 0) is 13.0 Å². The molecule has 0 aliphatic carbocycles. The van der Waals surface area contributed by atoms with Gasteiger partial charge < -0.3 is 14.8 Å². The van der Waals surface area contributed by atoms with Crippen molar-refractivity contribution in [1.29, 1.82) is 0 Å². The van der Waals surface area contributed by atoms with Crippen molar-refractivity contribution in [2.45, 2.75) is 39.3 Å². The second-order valence-electron chi connectivity index (χ2n) is 5.69. The minimum Gasteiger partial charge on any atom is -0.493 e. The van der Waals surface area contributed by atoms with Crippen molar-refractivity contribution in [3.05, 3.63) is 59.7 Å². The number of nitrogens with one attached hydrogen (secondary N) is 1. The molecule has 0 amide bonds. The van der Waals surface area contributed by atoms with Crippen molar-refractivity contribution < 1.29 is 9.47 Å². The molecular weight excluding hydrogens is 286 g/mol. The van der Waals surface area contributed by atoms with Gasteiger partial charge in [-0.15, -0.1) is 0 Å². The summed E-state index contributed by atoms with van der Waals surface area (Å²) in [5.74, 6) is 1.64. The molecule has 2 rings (SSSR count). The Morgan fingerprint density at radius 2 is 1.83 bits per heavy atom. The number of hydrogen-bond donors (Lipinski definition) is 1. The van der Waals surface area contributed by atoms with Crippen molar-refractivity contribution in [3.63, 3.8) is 0 Å². The van der Waals surface area contributed by atoms with E-state index >= 15 is 0 Å². The van der Waals surface area contributed by atoms with Gasteiger partial charge in [-0.3, -0.25) is 0 Å². The number of para-hydroxylation sites is 1. The Morgan fingerprint density at radius 3 is 2.52 bits per heavy atom. The summed E-state index contributed by atoms with van der Waals surface area (Å²) in [5.41, 5.74) is 2.52. The summed E-state index contributed by atoms with van der Waals surface area (Å²) in [7, 11) is 1.68. The van der Waals surface area contributed by atoms with E-state index in [-0.39, 0.29) is 0 Å². The van der Waals surface area contributed by atoms with Crippen LogP contribution in [0.4, 0.5) is 0 Å². The Labute approximate surface area is 139 Å². The number of ether oxygens (including phenoxy) is 2. The number of methoxy groups -OCH3 is 1. The zero-order chi connectivity index (χ0) is 16.5. The quantitative estimate of drug-likeness (QED) is 0.752. The highest BCUT2D eigenvalue weighted by atomic mass is 16.5. The first kappa shape index (κ1) is 17.4. The number of aryl methyl sites for hydroxylation is 1. The monoisotopic (exact) mass is 313 g/mol. The van der Waals surface area contributed by atoms with Crippen LogP contribution in [0.1, 0.15) is 31.4 Å². The number of rotatable bonds is 9. The molecule has 0 heterocycles. The van der Waals surface area contributed by atoms with Gasteiger partial charge in [-0.25, -0.2) is 0 Å². The zero-order valence-corrected chi connectivity index (χ0v) is 14.3. The summed E-state index contributed by atoms with van der Waals surface area (Å²) in [5, 5.41) is 3.58. The molecule has 2 aromatic rings. The third kappa shape index (κ3) is 5.29. The predicted molar refractivity (Wildman–Crippen MR) is 95.2 cm³/mol. The third-order valence-corrected chi connectivity index (χ3v) is 3.92. The topological polar surface area (TPSA) is 30.5 Å². The van der Waals surface area contributed by atoms with Gasteiger partial charge in [0.15, 0.2) is 11.5 Å². The van der Waals surface area contributed by atoms with Gasteiger partial charge in [0.1, 0.15) is 0 Å². The van der Waals surface area contributed by atoms with E-state index < -0.39 is 0 Å². The maximum atomic E-state index is 5.76. The van der Waals surface area contributed by atoms with Gasteiger partial charge in [-0.1, -0.05) is 42.5 Å². The molecule has 0 bridgehead atoms. The second kappa shape index (κ2) is 9.21. The molecule has 0 saturated carbocycles. The van der Waals surface area contributed by atoms with E-state index in [0.717, 1.165) is 36.4 Å². The first-order chi connectivity index (χ1) is 11.2. The van der Waals surface area contributed by atoms with E-state index in [4.69, 9.17) is 9.47 Å². The summed E-state index contributed by atoms with van der Waals surface area (Å²) < 4.78 is 11.2. The maximum Gasteiger partial charge on any atom is 0.165 e. The van der Waals surface area contributed by atoms with Crippen molar-refractivity contribution >= 4 is 0 Å². The molecule has 3 nitrogen and oxygen atoms in total. The van der Waals surface area contributed by atoms with Gasteiger partial charge in [0, 0.05) is 18.2 Å². The average molecular weight is 313 g/mol. The summed E-state index contributed by atoms with van der Waals surface area (Å²) in [4.78, 5) is 0. The molecule has 0 radical (unpaired) electrons. The average Bonchev–Trinajstić information content (AvgIpc) is 2.60. The standard InChI is InChI=1S/C20H27NO2/c1-4-23-20-18(11-8-12-19(20)22-3)15-21-16(2)13-14-17-9-6-5-7-10-17/h5-12,16,21H,4,13-15H2,1-3H3. The van der Waals surface area contributed by atoms with Crippen molar-refractivity contribution in [2.24, 2.45) is 0 Å². The summed E-state index contributed by atoms with van der Waals surface area (Å²) in [6.07, 6.45) is 2.20. The van der Waals surface area contributed by atoms with Crippen molar-refractivity contribution in [3.8, 4) is 11.5 Å². The van der Waals surface area contributed by atoms with Gasteiger partial charge in [0.25, 0.3) is 0 Å². The highest BCUT2D eigenvalue weighted by Gasteiger charge is 2.11. The highest BCUT2D eigenvalue weighted by molar-refractivity contribution is 5.46. The molecule has 0 aromatic heterocycles. The van der Waals surface area contributed by atoms with Crippen LogP contribution in [0.2, 0.25) is 0 Å². The lowest BCUT2D eigenvalue weighted by atomic mass is 10.1. The van der Waals surface area contributed by atoms with Gasteiger partial charge in [-0.05, 0) is 38.3 Å². The maximum absolute atomic E-state index is 5.76. The smallest absolute Gasteiger partial charge is 0.165 e. The molecule has 1 atom stereocenters. The van der Waals surface area contributed by atoms with Gasteiger partial charge in [0.05, 0.1) is 13.7 Å². The highest BCUT2D eigenvalue weighted by Crippen LogP contribution is 2.31. The molecular formula is C20H27NO2. The molecule has 3 heteroatoms. The molecule has 1 unspecified atom stereocenters. The van der Waals surface area contributed by atoms with Crippen molar-refractivity contribution in [1.82, 2.24) is 5.32 Å². The van der Waals surface area contributed by atoms with Crippen LogP contribution in [0, 0.1) is 0 Å². The van der Waals surface area contributed by atoms with Crippen LogP contribution in [0.3, 0.4) is 0 Å². The first-order valence-corrected chi connectivity index (χ1v) is 8.30. The van der Waals surface area contributed by atoms with Gasteiger partial charge in [0.2, 0.25) is 0 Å². The summed E-state index contributed by atoms with van der Waals surface area (Å²) in [6, 6.07) is 17.1. The molecule has 2 aromatic carbocycles. The third-order valence-electron chi connectivity index (χ3n) is 3.92. The Kier molecular flexibility index (Phi) is 6.95. The molecule has 0 saturated heterocycles. The lowest BCUT2D eigenvalue weighted by Crippen LogP contribution is -2.26. The van der Waals surface area contributed by atoms with E-state index in [2.05, 4.69) is 48.6 Å². The molecule has 0 aliphatic heterocycles. The normalized spacial score (nSPS) is 12.0. The summed E-state index contributed by atoms with van der Waals surface area (Å²) in [6.45, 7) is 5.63. The fourth-order valence-electron chi connectivity index (χ4n) is 2.58. The van der Waals surface area contributed by atoms with Crippen LogP contribution in [0.25, 0.3) is 0 Å². The minimum atomic E-state index is 0.441. The van der Waals surface area contributed by atoms with Crippen LogP contribution in [0.15, 0.2) is 48.5 Å². The van der Waals surface area contributed by atoms with E-state index in [1.807, 2.05) is 19.1 Å². The Bertz CT molecular complexity index is 583. The molecule has 23 heavy (non-hydrogen) atoms. The molecule has 0 fully saturated rings. The van der Waals surface area contributed by atoms with Gasteiger partial charge in [-0.2, -0.15) is 0 Å². The molecule has 0 spiro atoms. The second-order valence-corrected chi connectivity index (χ2v) is 5.69. The number of hydrogen-bond acceptors (Lipinski definition) is 3. The van der Waals surface area contributed by atoms with E-state index in [1.54, 1.807) is 7.11 Å². The largest absolute Gasteiger partial charge is 0.493 e. The SMILES string of the molecule is CCOc1c(CNC(C)CCc2ccccc2)cccc1OC. The van der Waals surface area contributed by atoms with E-state index in [1.165, 1.54) is 5.56 Å². The fraction of sp³-hybridized carbons (Fsp3) is 0.400. The summed E-state index contributed by atoms with van der Waals surface area (Å²) >= 11 is 0. The van der Waals surface area contributed by atoms with E-state index in [0.29, 0.717) is 12.6 Å². The zero-order valence-electron chi connectivity index (χ0n) is 14.3. The van der Waals surface area contributed by atoms with Crippen LogP contribution >= 0.6 is 0 Å². The fourth-order valence-corrected chi connectivity index (χ4v) is 2.58. The van der Waals surface area contributed by atoms with Crippen LogP contribution in [-0.4, -0.2) is 19.8 Å². The molecule has 124 valence electrons. The van der Waals surface area contributed by atoms with Crippen LogP contribution in [0.5, 0.6) is 11.5 Å². The predicted octanol–water partition coefficient (Wildman–Crippen LogP) is 4.20. The Hall–Kier alpha value is -2.00. The van der Waals surface area contributed by atoms with Crippen molar-refractivity contribution in [2.75, 3.05) is 13.7 Å².